The van der Waals surface area contributed by atoms with Gasteiger partial charge in [0.25, 0.3) is 0 Å². The zero-order valence-corrected chi connectivity index (χ0v) is 15.0. The number of amides is 1. The summed E-state index contributed by atoms with van der Waals surface area (Å²) in [4.78, 5) is 16.1. The van der Waals surface area contributed by atoms with Crippen LogP contribution >= 0.6 is 11.3 Å². The van der Waals surface area contributed by atoms with Crippen LogP contribution < -0.4 is 10.2 Å². The average molecular weight is 342 g/mol. The quantitative estimate of drug-likeness (QED) is 0.778. The van der Waals surface area contributed by atoms with Gasteiger partial charge in [0.05, 0.1) is 13.1 Å². The Morgan fingerprint density at radius 1 is 1.17 bits per heavy atom. The van der Waals surface area contributed by atoms with Gasteiger partial charge in [-0.05, 0) is 30.7 Å². The summed E-state index contributed by atoms with van der Waals surface area (Å²) in [7, 11) is 0. The fourth-order valence-electron chi connectivity index (χ4n) is 3.17. The highest BCUT2D eigenvalue weighted by atomic mass is 32.1. The lowest BCUT2D eigenvalue weighted by Gasteiger charge is -2.15. The van der Waals surface area contributed by atoms with E-state index in [0.717, 1.165) is 11.4 Å². The number of thiophene rings is 1. The lowest BCUT2D eigenvalue weighted by molar-refractivity contribution is -0.901. The van der Waals surface area contributed by atoms with Crippen LogP contribution in [0.1, 0.15) is 33.7 Å². The Bertz CT molecular complexity index is 714. The summed E-state index contributed by atoms with van der Waals surface area (Å²) in [6.07, 6.45) is 6.18. The predicted octanol–water partition coefficient (Wildman–Crippen LogP) is 2.56. The Labute approximate surface area is 148 Å². The van der Waals surface area contributed by atoms with E-state index in [0.29, 0.717) is 6.54 Å². The minimum atomic E-state index is -0.0376. The zero-order chi connectivity index (χ0) is 16.8. The van der Waals surface area contributed by atoms with Gasteiger partial charge in [0.2, 0.25) is 5.91 Å². The first-order chi connectivity index (χ1) is 11.7. The summed E-state index contributed by atoms with van der Waals surface area (Å²) < 4.78 is 0. The third-order valence-electron chi connectivity index (χ3n) is 4.48. The highest BCUT2D eigenvalue weighted by Gasteiger charge is 2.17. The number of hydrogen-bond acceptors (Lipinski definition) is 2. The molecule has 0 atom stereocenters. The van der Waals surface area contributed by atoms with Crippen LogP contribution in [0.4, 0.5) is 0 Å². The molecule has 24 heavy (non-hydrogen) atoms. The second-order valence-corrected chi connectivity index (χ2v) is 7.72. The summed E-state index contributed by atoms with van der Waals surface area (Å²) >= 11 is 1.69. The Morgan fingerprint density at radius 2 is 1.92 bits per heavy atom. The van der Waals surface area contributed by atoms with Crippen LogP contribution in [0.2, 0.25) is 0 Å². The minimum absolute atomic E-state index is 0.0376. The summed E-state index contributed by atoms with van der Waals surface area (Å²) in [5, 5.41) is 3.01. The van der Waals surface area contributed by atoms with Gasteiger partial charge in [-0.3, -0.25) is 4.79 Å². The fraction of sp³-hybridized carbons (Fsp3) is 0.350. The number of quaternary nitrogens is 1. The van der Waals surface area contributed by atoms with Crippen molar-refractivity contribution in [2.75, 3.05) is 13.1 Å². The smallest absolute Gasteiger partial charge is 0.244 e. The van der Waals surface area contributed by atoms with Crippen LogP contribution in [-0.4, -0.2) is 19.0 Å². The number of hydrogen-bond donors (Lipinski definition) is 2. The van der Waals surface area contributed by atoms with Crippen molar-refractivity contribution in [1.82, 2.24) is 5.32 Å². The van der Waals surface area contributed by atoms with Gasteiger partial charge >= 0.3 is 0 Å². The molecule has 1 aromatic heterocycles. The van der Waals surface area contributed by atoms with E-state index in [-0.39, 0.29) is 5.91 Å². The maximum atomic E-state index is 12.1. The zero-order valence-electron chi connectivity index (χ0n) is 14.2. The molecule has 2 aromatic rings. The van der Waals surface area contributed by atoms with Crippen molar-refractivity contribution in [3.63, 3.8) is 0 Å². The van der Waals surface area contributed by atoms with Crippen molar-refractivity contribution in [1.29, 1.82) is 0 Å². The van der Waals surface area contributed by atoms with E-state index in [9.17, 15) is 4.79 Å². The molecule has 1 aromatic carbocycles. The van der Waals surface area contributed by atoms with Crippen molar-refractivity contribution < 1.29 is 9.69 Å². The molecule has 0 radical (unpaired) electrons. The van der Waals surface area contributed by atoms with Gasteiger partial charge < -0.3 is 10.2 Å². The number of likely N-dealkylation sites (tertiary alicyclic amines) is 1. The number of carbonyl (C=O) groups excluding carboxylic acids is 1. The summed E-state index contributed by atoms with van der Waals surface area (Å²) in [6.45, 7) is 6.27. The van der Waals surface area contributed by atoms with Gasteiger partial charge in [0.1, 0.15) is 6.54 Å². The van der Waals surface area contributed by atoms with Crippen LogP contribution in [0, 0.1) is 6.92 Å². The Balaban J connectivity index is 1.55. The van der Waals surface area contributed by atoms with Gasteiger partial charge in [0, 0.05) is 40.8 Å². The standard InChI is InChI=1S/C20H24N2OS/c1-16-8-9-19(24-16)10-11-20(23)21-14-17-6-2-3-7-18(17)15-22-12-4-5-13-22/h2-3,6-11H,4-5,12-15H2,1H3,(H,21,23)/p+1/b11-10+. The van der Waals surface area contributed by atoms with Crippen molar-refractivity contribution in [2.45, 2.75) is 32.9 Å². The molecule has 0 saturated carbocycles. The van der Waals surface area contributed by atoms with E-state index in [4.69, 9.17) is 0 Å². The van der Waals surface area contributed by atoms with Gasteiger partial charge in [-0.15, -0.1) is 11.3 Å². The molecule has 2 heterocycles. The van der Waals surface area contributed by atoms with Crippen molar-refractivity contribution in [3.05, 3.63) is 63.4 Å². The molecule has 1 aliphatic rings. The van der Waals surface area contributed by atoms with Crippen molar-refractivity contribution in [3.8, 4) is 0 Å². The topological polar surface area (TPSA) is 33.5 Å². The normalized spacial score (nSPS) is 15.2. The van der Waals surface area contributed by atoms with Gasteiger partial charge in [0.15, 0.2) is 0 Å². The van der Waals surface area contributed by atoms with Crippen LogP contribution in [0.25, 0.3) is 6.08 Å². The monoisotopic (exact) mass is 341 g/mol. The number of carbonyl (C=O) groups is 1. The van der Waals surface area contributed by atoms with E-state index in [1.54, 1.807) is 22.3 Å². The lowest BCUT2D eigenvalue weighted by atomic mass is 10.1. The third kappa shape index (κ3) is 4.79. The van der Waals surface area contributed by atoms with Gasteiger partial charge in [-0.2, -0.15) is 0 Å². The highest BCUT2D eigenvalue weighted by Crippen LogP contribution is 2.16. The lowest BCUT2D eigenvalue weighted by Crippen LogP contribution is -3.08. The predicted molar refractivity (Wildman–Crippen MR) is 100 cm³/mol. The molecule has 2 N–H and O–H groups in total. The molecule has 3 rings (SSSR count). The van der Waals surface area contributed by atoms with Crippen molar-refractivity contribution in [2.24, 2.45) is 0 Å². The summed E-state index contributed by atoms with van der Waals surface area (Å²) in [5.74, 6) is -0.0376. The van der Waals surface area contributed by atoms with E-state index in [2.05, 4.69) is 42.6 Å². The molecule has 0 unspecified atom stereocenters. The molecule has 126 valence electrons. The maximum absolute atomic E-state index is 12.1. The Hall–Kier alpha value is -1.91. The second-order valence-electron chi connectivity index (χ2n) is 6.40. The Morgan fingerprint density at radius 3 is 2.62 bits per heavy atom. The molecule has 0 spiro atoms. The number of benzene rings is 1. The molecule has 1 fully saturated rings. The molecule has 3 nitrogen and oxygen atoms in total. The van der Waals surface area contributed by atoms with Crippen molar-refractivity contribution >= 4 is 23.3 Å². The SMILES string of the molecule is Cc1ccc(/C=C/C(=O)NCc2ccccc2C[NH+]2CCCC2)s1. The van der Waals surface area contributed by atoms with E-state index < -0.39 is 0 Å². The number of aryl methyl sites for hydroxylation is 1. The average Bonchev–Trinajstić information content (AvgIpc) is 3.24. The Kier molecular flexibility index (Phi) is 5.83. The third-order valence-corrected chi connectivity index (χ3v) is 5.45. The van der Waals surface area contributed by atoms with Crippen LogP contribution in [0.3, 0.4) is 0 Å². The first kappa shape index (κ1) is 16.9. The maximum Gasteiger partial charge on any atom is 0.244 e. The van der Waals surface area contributed by atoms with Gasteiger partial charge in [-0.1, -0.05) is 24.3 Å². The number of rotatable bonds is 6. The van der Waals surface area contributed by atoms with E-state index in [1.807, 2.05) is 12.1 Å². The highest BCUT2D eigenvalue weighted by molar-refractivity contribution is 7.12. The molecular formula is C20H25N2OS+. The second kappa shape index (κ2) is 8.27. The largest absolute Gasteiger partial charge is 0.348 e. The first-order valence-electron chi connectivity index (χ1n) is 8.63. The van der Waals surface area contributed by atoms with Gasteiger partial charge in [-0.25, -0.2) is 0 Å². The van der Waals surface area contributed by atoms with Crippen LogP contribution in [0.15, 0.2) is 42.5 Å². The molecule has 1 aliphatic heterocycles. The molecule has 4 heteroatoms. The van der Waals surface area contributed by atoms with E-state index in [1.165, 1.54) is 41.9 Å². The molecular weight excluding hydrogens is 316 g/mol. The molecule has 0 aliphatic carbocycles. The summed E-state index contributed by atoms with van der Waals surface area (Å²) in [6, 6.07) is 12.6. The minimum Gasteiger partial charge on any atom is -0.348 e. The number of nitrogens with one attached hydrogen (secondary N) is 2. The van der Waals surface area contributed by atoms with Crippen LogP contribution in [0.5, 0.6) is 0 Å². The molecule has 1 amide bonds. The fourth-order valence-corrected chi connectivity index (χ4v) is 3.95. The van der Waals surface area contributed by atoms with Crippen LogP contribution in [-0.2, 0) is 17.9 Å². The summed E-state index contributed by atoms with van der Waals surface area (Å²) in [5.41, 5.74) is 2.58. The molecule has 0 bridgehead atoms. The van der Waals surface area contributed by atoms with E-state index >= 15 is 0 Å². The molecule has 1 saturated heterocycles. The first-order valence-corrected chi connectivity index (χ1v) is 9.45.